The van der Waals surface area contributed by atoms with Gasteiger partial charge in [0.05, 0.1) is 0 Å². The number of carbonyl (C=O) groups excluding carboxylic acids is 2. The van der Waals surface area contributed by atoms with Crippen LogP contribution in [0.15, 0.2) is 6.20 Å². The fourth-order valence-electron chi connectivity index (χ4n) is 3.14. The van der Waals surface area contributed by atoms with Crippen LogP contribution in [0.5, 0.6) is 0 Å². The molecule has 23 heavy (non-hydrogen) atoms. The Morgan fingerprint density at radius 1 is 1.35 bits per heavy atom. The molecule has 0 aromatic carbocycles. The second-order valence-electron chi connectivity index (χ2n) is 6.29. The lowest BCUT2D eigenvalue weighted by Gasteiger charge is -2.30. The molecule has 0 spiro atoms. The minimum Gasteiger partial charge on any atom is -0.355 e. The highest BCUT2D eigenvalue weighted by Gasteiger charge is 2.25. The molecule has 2 amide bonds. The van der Waals surface area contributed by atoms with Crippen LogP contribution in [0.3, 0.4) is 0 Å². The molecule has 1 N–H and O–H groups in total. The number of nitrogens with one attached hydrogen (secondary N) is 1. The Bertz CT molecular complexity index is 545. The van der Waals surface area contributed by atoms with Crippen LogP contribution in [0, 0.1) is 12.8 Å². The third-order valence-electron chi connectivity index (χ3n) is 4.54. The average molecular weight is 320 g/mol. The summed E-state index contributed by atoms with van der Waals surface area (Å²) < 4.78 is 2.22. The lowest BCUT2D eigenvalue weighted by atomic mass is 9.96. The number of piperidine rings is 1. The van der Waals surface area contributed by atoms with Crippen molar-refractivity contribution in [2.45, 2.75) is 53.0 Å². The van der Waals surface area contributed by atoms with E-state index in [0.29, 0.717) is 19.6 Å². The molecule has 1 saturated heterocycles. The molecule has 6 nitrogen and oxygen atoms in total. The van der Waals surface area contributed by atoms with Crippen molar-refractivity contribution in [2.24, 2.45) is 5.92 Å². The number of aryl methyl sites for hydroxylation is 1. The molecule has 1 aromatic heterocycles. The van der Waals surface area contributed by atoms with Gasteiger partial charge < -0.3 is 14.8 Å². The van der Waals surface area contributed by atoms with Crippen molar-refractivity contribution in [2.75, 3.05) is 19.6 Å². The molecule has 2 rings (SSSR count). The van der Waals surface area contributed by atoms with Gasteiger partial charge in [-0.3, -0.25) is 9.59 Å². The largest absolute Gasteiger partial charge is 0.355 e. The molecule has 1 aliphatic heterocycles. The van der Waals surface area contributed by atoms with Gasteiger partial charge in [-0.1, -0.05) is 6.92 Å². The van der Waals surface area contributed by atoms with Gasteiger partial charge in [-0.05, 0) is 26.2 Å². The van der Waals surface area contributed by atoms with E-state index in [4.69, 9.17) is 0 Å². The molecule has 0 atom stereocenters. The molecule has 6 heteroatoms. The van der Waals surface area contributed by atoms with Crippen LogP contribution in [-0.2, 0) is 22.6 Å². The number of hydrogen-bond acceptors (Lipinski definition) is 3. The van der Waals surface area contributed by atoms with Crippen LogP contribution >= 0.6 is 0 Å². The highest BCUT2D eigenvalue weighted by molar-refractivity contribution is 5.79. The van der Waals surface area contributed by atoms with Gasteiger partial charge in [-0.15, -0.1) is 0 Å². The summed E-state index contributed by atoms with van der Waals surface area (Å²) in [5.41, 5.74) is 1.17. The number of rotatable bonds is 6. The minimum atomic E-state index is 0.0303. The SMILES string of the molecule is CCCn1c(C)cnc1CCNC(=O)C1CCN(C(C)=O)CC1. The molecule has 0 radical (unpaired) electrons. The Hall–Kier alpha value is -1.85. The molecular weight excluding hydrogens is 292 g/mol. The molecule has 2 heterocycles. The quantitative estimate of drug-likeness (QED) is 0.864. The Kier molecular flexibility index (Phi) is 6.19. The first-order chi connectivity index (χ1) is 11.0. The van der Waals surface area contributed by atoms with E-state index in [9.17, 15) is 9.59 Å². The van der Waals surface area contributed by atoms with Crippen LogP contribution in [0.4, 0.5) is 0 Å². The summed E-state index contributed by atoms with van der Waals surface area (Å²) >= 11 is 0. The summed E-state index contributed by atoms with van der Waals surface area (Å²) in [6.45, 7) is 8.76. The van der Waals surface area contributed by atoms with Gasteiger partial charge in [-0.25, -0.2) is 4.98 Å². The smallest absolute Gasteiger partial charge is 0.223 e. The van der Waals surface area contributed by atoms with Crippen molar-refractivity contribution in [3.8, 4) is 0 Å². The summed E-state index contributed by atoms with van der Waals surface area (Å²) in [5.74, 6) is 1.28. The van der Waals surface area contributed by atoms with Crippen LogP contribution in [0.2, 0.25) is 0 Å². The van der Waals surface area contributed by atoms with Crippen molar-refractivity contribution in [1.29, 1.82) is 0 Å². The van der Waals surface area contributed by atoms with Gasteiger partial charge >= 0.3 is 0 Å². The van der Waals surface area contributed by atoms with E-state index < -0.39 is 0 Å². The summed E-state index contributed by atoms with van der Waals surface area (Å²) in [4.78, 5) is 29.8. The Morgan fingerprint density at radius 2 is 2.04 bits per heavy atom. The second kappa shape index (κ2) is 8.13. The van der Waals surface area contributed by atoms with Crippen molar-refractivity contribution in [3.63, 3.8) is 0 Å². The topological polar surface area (TPSA) is 67.2 Å². The summed E-state index contributed by atoms with van der Waals surface area (Å²) in [6.07, 6.45) is 5.24. The Balaban J connectivity index is 1.76. The maximum Gasteiger partial charge on any atom is 0.223 e. The molecule has 128 valence electrons. The number of aromatic nitrogens is 2. The van der Waals surface area contributed by atoms with E-state index in [-0.39, 0.29) is 17.7 Å². The molecule has 1 fully saturated rings. The third kappa shape index (κ3) is 4.56. The zero-order valence-electron chi connectivity index (χ0n) is 14.5. The van der Waals surface area contributed by atoms with E-state index in [0.717, 1.165) is 38.1 Å². The van der Waals surface area contributed by atoms with Gasteiger partial charge in [0.25, 0.3) is 0 Å². The number of carbonyl (C=O) groups is 2. The molecule has 0 saturated carbocycles. The number of hydrogen-bond donors (Lipinski definition) is 1. The van der Waals surface area contributed by atoms with Crippen molar-refractivity contribution >= 4 is 11.8 Å². The van der Waals surface area contributed by atoms with Gasteiger partial charge in [-0.2, -0.15) is 0 Å². The summed E-state index contributed by atoms with van der Waals surface area (Å²) in [6, 6.07) is 0. The fraction of sp³-hybridized carbons (Fsp3) is 0.706. The first-order valence-electron chi connectivity index (χ1n) is 8.57. The highest BCUT2D eigenvalue weighted by Crippen LogP contribution is 2.17. The van der Waals surface area contributed by atoms with Crippen LogP contribution in [-0.4, -0.2) is 45.9 Å². The van der Waals surface area contributed by atoms with Gasteiger partial charge in [0.2, 0.25) is 11.8 Å². The van der Waals surface area contributed by atoms with Crippen LogP contribution in [0.25, 0.3) is 0 Å². The monoisotopic (exact) mass is 320 g/mol. The van der Waals surface area contributed by atoms with Crippen molar-refractivity contribution < 1.29 is 9.59 Å². The molecule has 0 bridgehead atoms. The summed E-state index contributed by atoms with van der Waals surface area (Å²) in [5, 5.41) is 3.03. The second-order valence-corrected chi connectivity index (χ2v) is 6.29. The summed E-state index contributed by atoms with van der Waals surface area (Å²) in [7, 11) is 0. The predicted octanol–water partition coefficient (Wildman–Crippen LogP) is 1.52. The van der Waals surface area contributed by atoms with E-state index in [1.807, 2.05) is 11.1 Å². The molecule has 0 aliphatic carbocycles. The molecule has 0 unspecified atom stereocenters. The van der Waals surface area contributed by atoms with E-state index in [1.54, 1.807) is 6.92 Å². The van der Waals surface area contributed by atoms with E-state index in [2.05, 4.69) is 28.7 Å². The minimum absolute atomic E-state index is 0.0303. The number of amides is 2. The number of likely N-dealkylation sites (tertiary alicyclic amines) is 1. The maximum atomic E-state index is 12.2. The van der Waals surface area contributed by atoms with Gasteiger partial charge in [0.15, 0.2) is 0 Å². The van der Waals surface area contributed by atoms with Crippen molar-refractivity contribution in [1.82, 2.24) is 19.8 Å². The zero-order valence-corrected chi connectivity index (χ0v) is 14.5. The predicted molar refractivity (Wildman–Crippen MR) is 88.9 cm³/mol. The van der Waals surface area contributed by atoms with Gasteiger partial charge in [0.1, 0.15) is 5.82 Å². The lowest BCUT2D eigenvalue weighted by molar-refractivity contribution is -0.133. The molecule has 1 aromatic rings. The first kappa shape index (κ1) is 17.5. The number of imidazole rings is 1. The first-order valence-corrected chi connectivity index (χ1v) is 8.57. The normalized spacial score (nSPS) is 15.7. The van der Waals surface area contributed by atoms with Crippen molar-refractivity contribution in [3.05, 3.63) is 17.7 Å². The van der Waals surface area contributed by atoms with Gasteiger partial charge in [0, 0.05) is 57.3 Å². The Morgan fingerprint density at radius 3 is 2.65 bits per heavy atom. The van der Waals surface area contributed by atoms with Crippen LogP contribution in [0.1, 0.15) is 44.6 Å². The number of nitrogens with zero attached hydrogens (tertiary/aromatic N) is 3. The zero-order chi connectivity index (χ0) is 16.8. The van der Waals surface area contributed by atoms with E-state index >= 15 is 0 Å². The van der Waals surface area contributed by atoms with E-state index in [1.165, 1.54) is 5.69 Å². The van der Waals surface area contributed by atoms with Crippen LogP contribution < -0.4 is 5.32 Å². The highest BCUT2D eigenvalue weighted by atomic mass is 16.2. The molecular formula is C17H28N4O2. The Labute approximate surface area is 138 Å². The lowest BCUT2D eigenvalue weighted by Crippen LogP contribution is -2.42. The maximum absolute atomic E-state index is 12.2. The average Bonchev–Trinajstić information content (AvgIpc) is 2.88. The molecule has 1 aliphatic rings. The third-order valence-corrected chi connectivity index (χ3v) is 4.54. The fourth-order valence-corrected chi connectivity index (χ4v) is 3.14. The standard InChI is InChI=1S/C17H28N4O2/c1-4-9-21-13(2)12-19-16(21)5-8-18-17(23)15-6-10-20(11-7-15)14(3)22/h12,15H,4-11H2,1-3H3,(H,18,23).